The first-order valence-corrected chi connectivity index (χ1v) is 5.70. The number of aromatic nitrogens is 2. The number of nitrogens with zero attached hydrogens (tertiary/aromatic N) is 3. The molecule has 0 spiro atoms. The van der Waals surface area contributed by atoms with Crippen LogP contribution < -0.4 is 0 Å². The zero-order valence-electron chi connectivity index (χ0n) is 10.4. The molecule has 3 nitrogen and oxygen atoms in total. The second-order valence-electron chi connectivity index (χ2n) is 4.09. The van der Waals surface area contributed by atoms with Gasteiger partial charge in [-0.1, -0.05) is 31.2 Å². The van der Waals surface area contributed by atoms with Crippen molar-refractivity contribution in [3.05, 3.63) is 41.2 Å². The van der Waals surface area contributed by atoms with Gasteiger partial charge in [-0.05, 0) is 18.9 Å². The Morgan fingerprint density at radius 3 is 2.41 bits per heavy atom. The number of rotatable bonds is 2. The summed E-state index contributed by atoms with van der Waals surface area (Å²) in [4.78, 5) is 4.45. The molecule has 0 saturated heterocycles. The molecule has 0 atom stereocenters. The Balaban J connectivity index is 2.50. The molecule has 0 radical (unpaired) electrons. The van der Waals surface area contributed by atoms with Gasteiger partial charge in [0.25, 0.3) is 0 Å². The van der Waals surface area contributed by atoms with E-state index >= 15 is 0 Å². The van der Waals surface area contributed by atoms with Gasteiger partial charge < -0.3 is 4.57 Å². The summed E-state index contributed by atoms with van der Waals surface area (Å²) in [5.74, 6) is 0.849. The predicted octanol–water partition coefficient (Wildman–Crippen LogP) is 2.83. The molecule has 2 aromatic rings. The van der Waals surface area contributed by atoms with E-state index in [9.17, 15) is 0 Å². The van der Waals surface area contributed by atoms with E-state index in [-0.39, 0.29) is 0 Å². The fourth-order valence-electron chi connectivity index (χ4n) is 1.94. The maximum absolute atomic E-state index is 9.03. The predicted molar refractivity (Wildman–Crippen MR) is 67.5 cm³/mol. The van der Waals surface area contributed by atoms with Crippen LogP contribution in [0, 0.1) is 18.3 Å². The Morgan fingerprint density at radius 1 is 1.29 bits per heavy atom. The van der Waals surface area contributed by atoms with Crippen LogP contribution in [0.15, 0.2) is 24.3 Å². The summed E-state index contributed by atoms with van der Waals surface area (Å²) < 4.78 is 1.84. The maximum atomic E-state index is 9.03. The van der Waals surface area contributed by atoms with Gasteiger partial charge in [0, 0.05) is 12.6 Å². The number of hydrogen-bond donors (Lipinski definition) is 0. The fraction of sp³-hybridized carbons (Fsp3) is 0.286. The van der Waals surface area contributed by atoms with Gasteiger partial charge in [-0.25, -0.2) is 4.98 Å². The van der Waals surface area contributed by atoms with Crippen LogP contribution in [0.3, 0.4) is 0 Å². The highest BCUT2D eigenvalue weighted by molar-refractivity contribution is 5.58. The molecule has 1 heterocycles. The smallest absolute Gasteiger partial charge is 0.143 e. The van der Waals surface area contributed by atoms with Gasteiger partial charge in [0.2, 0.25) is 0 Å². The first-order valence-electron chi connectivity index (χ1n) is 5.70. The largest absolute Gasteiger partial charge is 0.319 e. The third kappa shape index (κ3) is 1.94. The minimum absolute atomic E-state index is 0.625. The molecular weight excluding hydrogens is 210 g/mol. The highest BCUT2D eigenvalue weighted by Crippen LogP contribution is 2.21. The quantitative estimate of drug-likeness (QED) is 0.788. The zero-order chi connectivity index (χ0) is 12.4. The van der Waals surface area contributed by atoms with Crippen molar-refractivity contribution in [3.63, 3.8) is 0 Å². The Kier molecular flexibility index (Phi) is 2.97. The van der Waals surface area contributed by atoms with Crippen molar-refractivity contribution in [2.24, 2.45) is 7.05 Å². The lowest BCUT2D eigenvalue weighted by molar-refractivity contribution is 0.906. The topological polar surface area (TPSA) is 41.6 Å². The van der Waals surface area contributed by atoms with Crippen molar-refractivity contribution in [2.75, 3.05) is 0 Å². The lowest BCUT2D eigenvalue weighted by Gasteiger charge is -2.03. The summed E-state index contributed by atoms with van der Waals surface area (Å²) in [6, 6.07) is 10.5. The van der Waals surface area contributed by atoms with Crippen LogP contribution in [0.4, 0.5) is 0 Å². The highest BCUT2D eigenvalue weighted by Gasteiger charge is 2.12. The Hall–Kier alpha value is -2.08. The highest BCUT2D eigenvalue weighted by atomic mass is 15.1. The Labute approximate surface area is 101 Å². The monoisotopic (exact) mass is 225 g/mol. The van der Waals surface area contributed by atoms with Gasteiger partial charge in [-0.2, -0.15) is 5.26 Å². The van der Waals surface area contributed by atoms with Gasteiger partial charge in [0.1, 0.15) is 17.6 Å². The summed E-state index contributed by atoms with van der Waals surface area (Å²) in [7, 11) is 1.88. The van der Waals surface area contributed by atoms with Gasteiger partial charge >= 0.3 is 0 Å². The molecule has 1 aromatic carbocycles. The van der Waals surface area contributed by atoms with Crippen LogP contribution in [-0.2, 0) is 13.5 Å². The van der Waals surface area contributed by atoms with Gasteiger partial charge in [-0.3, -0.25) is 0 Å². The second kappa shape index (κ2) is 4.42. The van der Waals surface area contributed by atoms with E-state index in [1.807, 2.05) is 18.5 Å². The molecular formula is C14H15N3. The molecule has 17 heavy (non-hydrogen) atoms. The lowest BCUT2D eigenvalue weighted by Crippen LogP contribution is -1.95. The molecule has 0 unspecified atom stereocenters. The number of hydrogen-bond acceptors (Lipinski definition) is 2. The van der Waals surface area contributed by atoms with Crippen molar-refractivity contribution in [1.29, 1.82) is 5.26 Å². The molecule has 0 aliphatic rings. The number of benzene rings is 1. The van der Waals surface area contributed by atoms with Crippen molar-refractivity contribution in [3.8, 4) is 17.5 Å². The van der Waals surface area contributed by atoms with Crippen LogP contribution >= 0.6 is 0 Å². The average Bonchev–Trinajstić information content (AvgIpc) is 2.64. The third-order valence-corrected chi connectivity index (χ3v) is 3.00. The standard InChI is InChI=1S/C14H15N3/c1-4-11-5-7-12(8-6-11)14-16-10(2)13(9-15)17(14)3/h5-8H,4H2,1-3H3. The average molecular weight is 225 g/mol. The summed E-state index contributed by atoms with van der Waals surface area (Å²) in [6.45, 7) is 4.00. The minimum Gasteiger partial charge on any atom is -0.319 e. The zero-order valence-corrected chi connectivity index (χ0v) is 10.4. The van der Waals surface area contributed by atoms with E-state index in [1.165, 1.54) is 5.56 Å². The molecule has 0 aliphatic heterocycles. The Morgan fingerprint density at radius 2 is 1.94 bits per heavy atom. The van der Waals surface area contributed by atoms with Gasteiger partial charge in [-0.15, -0.1) is 0 Å². The third-order valence-electron chi connectivity index (χ3n) is 3.00. The van der Waals surface area contributed by atoms with Crippen molar-refractivity contribution in [1.82, 2.24) is 9.55 Å². The van der Waals surface area contributed by atoms with Gasteiger partial charge in [0.15, 0.2) is 0 Å². The van der Waals surface area contributed by atoms with Crippen LogP contribution in [-0.4, -0.2) is 9.55 Å². The first-order chi connectivity index (χ1) is 8.17. The molecule has 2 rings (SSSR count). The van der Waals surface area contributed by atoms with Gasteiger partial charge in [0.05, 0.1) is 5.69 Å². The van der Waals surface area contributed by atoms with Crippen LogP contribution in [0.2, 0.25) is 0 Å². The SMILES string of the molecule is CCc1ccc(-c2nc(C)c(C#N)n2C)cc1. The molecule has 0 saturated carbocycles. The maximum Gasteiger partial charge on any atom is 0.143 e. The van der Waals surface area contributed by atoms with Crippen molar-refractivity contribution < 1.29 is 0 Å². The number of nitriles is 1. The van der Waals surface area contributed by atoms with Crippen LogP contribution in [0.25, 0.3) is 11.4 Å². The summed E-state index contributed by atoms with van der Waals surface area (Å²) in [5, 5.41) is 9.03. The molecule has 1 aromatic heterocycles. The molecule has 0 amide bonds. The summed E-state index contributed by atoms with van der Waals surface area (Å²) >= 11 is 0. The normalized spacial score (nSPS) is 10.2. The molecule has 0 fully saturated rings. The number of imidazole rings is 1. The van der Waals surface area contributed by atoms with Crippen molar-refractivity contribution >= 4 is 0 Å². The molecule has 0 aliphatic carbocycles. The Bertz CT molecular complexity index is 571. The van der Waals surface area contributed by atoms with Crippen LogP contribution in [0.5, 0.6) is 0 Å². The van der Waals surface area contributed by atoms with Crippen molar-refractivity contribution in [2.45, 2.75) is 20.3 Å². The summed E-state index contributed by atoms with van der Waals surface area (Å²) in [5.41, 5.74) is 3.76. The summed E-state index contributed by atoms with van der Waals surface area (Å²) in [6.07, 6.45) is 1.03. The van der Waals surface area contributed by atoms with E-state index in [2.05, 4.69) is 42.2 Å². The van der Waals surface area contributed by atoms with Crippen LogP contribution in [0.1, 0.15) is 23.9 Å². The van der Waals surface area contributed by atoms with E-state index in [0.717, 1.165) is 23.5 Å². The fourth-order valence-corrected chi connectivity index (χ4v) is 1.94. The molecule has 86 valence electrons. The van der Waals surface area contributed by atoms with E-state index in [4.69, 9.17) is 5.26 Å². The number of aryl methyl sites for hydroxylation is 2. The molecule has 0 N–H and O–H groups in total. The van der Waals surface area contributed by atoms with E-state index in [0.29, 0.717) is 5.69 Å². The first kappa shape index (κ1) is 11.4. The van der Waals surface area contributed by atoms with E-state index < -0.39 is 0 Å². The molecule has 3 heteroatoms. The lowest BCUT2D eigenvalue weighted by atomic mass is 10.1. The van der Waals surface area contributed by atoms with E-state index in [1.54, 1.807) is 0 Å². The minimum atomic E-state index is 0.625. The second-order valence-corrected chi connectivity index (χ2v) is 4.09. The molecule has 0 bridgehead atoms.